The van der Waals surface area contributed by atoms with E-state index in [2.05, 4.69) is 24.8 Å². The first-order chi connectivity index (χ1) is 3.89. The third-order valence-electron chi connectivity index (χ3n) is 1.48. The van der Waals surface area contributed by atoms with Gasteiger partial charge in [0.2, 0.25) is 0 Å². The molecule has 1 rings (SSSR count). The first-order valence-corrected chi connectivity index (χ1v) is 3.76. The molecule has 0 N–H and O–H groups in total. The Kier molecular flexibility index (Phi) is 2.47. The van der Waals surface area contributed by atoms with Gasteiger partial charge in [-0.15, -0.1) is 0 Å². The maximum atomic E-state index is 4.34. The van der Waals surface area contributed by atoms with E-state index in [0.717, 1.165) is 0 Å². The van der Waals surface area contributed by atoms with Crippen molar-refractivity contribution in [3.63, 3.8) is 0 Å². The number of hydrogen-bond donors (Lipinski definition) is 1. The molecule has 0 bridgehead atoms. The molecule has 0 spiro atoms. The molecule has 0 aliphatic heterocycles. The summed E-state index contributed by atoms with van der Waals surface area (Å²) < 4.78 is 0. The highest BCUT2D eigenvalue weighted by Crippen LogP contribution is 2.14. The largest absolute Gasteiger partial charge is 0.172 e. The molecule has 8 heavy (non-hydrogen) atoms. The third-order valence-corrected chi connectivity index (χ3v) is 1.91. The molecule has 1 aliphatic carbocycles. The van der Waals surface area contributed by atoms with Crippen LogP contribution in [0.1, 0.15) is 25.7 Å². The van der Waals surface area contributed by atoms with Crippen LogP contribution in [0.25, 0.3) is 0 Å². The monoisotopic (exact) mass is 128 g/mol. The van der Waals surface area contributed by atoms with Crippen LogP contribution in [0.3, 0.4) is 0 Å². The Balaban J connectivity index is 2.33. The summed E-state index contributed by atoms with van der Waals surface area (Å²) in [6.07, 6.45) is 9.67. The van der Waals surface area contributed by atoms with Gasteiger partial charge in [0.1, 0.15) is 0 Å². The smallest absolute Gasteiger partial charge is 0.0196 e. The van der Waals surface area contributed by atoms with Gasteiger partial charge in [-0.25, -0.2) is 0 Å². The second-order valence-corrected chi connectivity index (χ2v) is 2.94. The maximum Gasteiger partial charge on any atom is 0.0196 e. The predicted octanol–water partition coefficient (Wildman–Crippen LogP) is 2.42. The van der Waals surface area contributed by atoms with Crippen molar-refractivity contribution in [1.29, 1.82) is 0 Å². The Morgan fingerprint density at radius 1 is 1.38 bits per heavy atom. The average molecular weight is 128 g/mol. The zero-order valence-electron chi connectivity index (χ0n) is 5.01. The lowest BCUT2D eigenvalue weighted by Gasteiger charge is -1.97. The highest BCUT2D eigenvalue weighted by molar-refractivity contribution is 7.81. The van der Waals surface area contributed by atoms with Gasteiger partial charge in [0.05, 0.1) is 0 Å². The number of hydrogen-bond acceptors (Lipinski definition) is 1. The lowest BCUT2D eigenvalue weighted by Crippen LogP contribution is -1.88. The van der Waals surface area contributed by atoms with Gasteiger partial charge in [0.15, 0.2) is 0 Å². The van der Waals surface area contributed by atoms with E-state index in [1.807, 2.05) is 0 Å². The summed E-state index contributed by atoms with van der Waals surface area (Å²) in [6.45, 7) is 0. The fourth-order valence-electron chi connectivity index (χ4n) is 0.965. The van der Waals surface area contributed by atoms with Gasteiger partial charge < -0.3 is 0 Å². The quantitative estimate of drug-likeness (QED) is 0.376. The van der Waals surface area contributed by atoms with Crippen LogP contribution >= 0.6 is 12.6 Å². The minimum absolute atomic E-state index is 0.539. The molecule has 0 aromatic carbocycles. The molecular formula is C7H12S. The SMILES string of the molecule is SC1C=CCCCC1. The van der Waals surface area contributed by atoms with E-state index in [-0.39, 0.29) is 0 Å². The zero-order chi connectivity index (χ0) is 5.82. The molecule has 1 aliphatic rings. The van der Waals surface area contributed by atoms with Crippen molar-refractivity contribution in [2.75, 3.05) is 0 Å². The molecule has 0 saturated heterocycles. The first kappa shape index (κ1) is 6.21. The Bertz CT molecular complexity index is 86.4. The van der Waals surface area contributed by atoms with E-state index in [1.54, 1.807) is 0 Å². The van der Waals surface area contributed by atoms with E-state index in [4.69, 9.17) is 0 Å². The second kappa shape index (κ2) is 3.18. The minimum Gasteiger partial charge on any atom is -0.172 e. The van der Waals surface area contributed by atoms with Gasteiger partial charge in [0, 0.05) is 5.25 Å². The van der Waals surface area contributed by atoms with Gasteiger partial charge in [-0.2, -0.15) is 12.6 Å². The standard InChI is InChI=1S/C7H12S/c8-7-5-3-1-2-4-6-7/h3,5,7-8H,1-2,4,6H2. The molecule has 1 atom stereocenters. The Morgan fingerprint density at radius 2 is 2.25 bits per heavy atom. The van der Waals surface area contributed by atoms with Gasteiger partial charge in [-0.3, -0.25) is 0 Å². The summed E-state index contributed by atoms with van der Waals surface area (Å²) in [6, 6.07) is 0. The molecule has 0 amide bonds. The van der Waals surface area contributed by atoms with Gasteiger partial charge in [0.25, 0.3) is 0 Å². The molecule has 0 radical (unpaired) electrons. The van der Waals surface area contributed by atoms with Crippen molar-refractivity contribution in [2.24, 2.45) is 0 Å². The van der Waals surface area contributed by atoms with Crippen LogP contribution < -0.4 is 0 Å². The topological polar surface area (TPSA) is 0 Å². The Labute approximate surface area is 56.4 Å². The van der Waals surface area contributed by atoms with Crippen molar-refractivity contribution >= 4 is 12.6 Å². The maximum absolute atomic E-state index is 4.34. The van der Waals surface area contributed by atoms with Gasteiger partial charge >= 0.3 is 0 Å². The van der Waals surface area contributed by atoms with Gasteiger partial charge in [-0.1, -0.05) is 18.6 Å². The summed E-state index contributed by atoms with van der Waals surface area (Å²) in [7, 11) is 0. The van der Waals surface area contributed by atoms with Crippen LogP contribution in [0.4, 0.5) is 0 Å². The summed E-state index contributed by atoms with van der Waals surface area (Å²) in [5.41, 5.74) is 0. The van der Waals surface area contributed by atoms with Crippen LogP contribution in [0.2, 0.25) is 0 Å². The van der Waals surface area contributed by atoms with E-state index in [1.165, 1.54) is 25.7 Å². The molecule has 46 valence electrons. The zero-order valence-corrected chi connectivity index (χ0v) is 5.90. The third kappa shape index (κ3) is 1.91. The van der Waals surface area contributed by atoms with Crippen molar-refractivity contribution < 1.29 is 0 Å². The molecule has 1 unspecified atom stereocenters. The van der Waals surface area contributed by atoms with Crippen molar-refractivity contribution in [3.05, 3.63) is 12.2 Å². The van der Waals surface area contributed by atoms with Crippen molar-refractivity contribution in [3.8, 4) is 0 Å². The first-order valence-electron chi connectivity index (χ1n) is 3.24. The normalized spacial score (nSPS) is 29.9. The fourth-order valence-corrected chi connectivity index (χ4v) is 1.27. The molecule has 0 aromatic rings. The van der Waals surface area contributed by atoms with Crippen LogP contribution in [-0.4, -0.2) is 5.25 Å². The lowest BCUT2D eigenvalue weighted by atomic mass is 10.2. The number of allylic oxidation sites excluding steroid dienone is 1. The molecule has 0 nitrogen and oxygen atoms in total. The van der Waals surface area contributed by atoms with Crippen molar-refractivity contribution in [2.45, 2.75) is 30.9 Å². The molecule has 0 aromatic heterocycles. The van der Waals surface area contributed by atoms with E-state index in [0.29, 0.717) is 5.25 Å². The fraction of sp³-hybridized carbons (Fsp3) is 0.714. The van der Waals surface area contributed by atoms with Crippen LogP contribution in [0.5, 0.6) is 0 Å². The number of thiol groups is 1. The Hall–Kier alpha value is 0.0900. The van der Waals surface area contributed by atoms with E-state index < -0.39 is 0 Å². The summed E-state index contributed by atoms with van der Waals surface area (Å²) in [5, 5.41) is 0.539. The summed E-state index contributed by atoms with van der Waals surface area (Å²) >= 11 is 4.34. The lowest BCUT2D eigenvalue weighted by molar-refractivity contribution is 0.726. The van der Waals surface area contributed by atoms with Crippen LogP contribution in [0, 0.1) is 0 Å². The highest BCUT2D eigenvalue weighted by atomic mass is 32.1. The Morgan fingerprint density at radius 3 is 3.12 bits per heavy atom. The molecule has 0 heterocycles. The molecule has 0 saturated carbocycles. The summed E-state index contributed by atoms with van der Waals surface area (Å²) in [4.78, 5) is 0. The van der Waals surface area contributed by atoms with Crippen LogP contribution in [0.15, 0.2) is 12.2 Å². The highest BCUT2D eigenvalue weighted by Gasteiger charge is 1.99. The summed E-state index contributed by atoms with van der Waals surface area (Å²) in [5.74, 6) is 0. The van der Waals surface area contributed by atoms with Crippen molar-refractivity contribution in [1.82, 2.24) is 0 Å². The molecular weight excluding hydrogens is 116 g/mol. The average Bonchev–Trinajstić information content (AvgIpc) is 1.94. The minimum atomic E-state index is 0.539. The predicted molar refractivity (Wildman–Crippen MR) is 40.4 cm³/mol. The van der Waals surface area contributed by atoms with Gasteiger partial charge in [-0.05, 0) is 19.3 Å². The molecule has 0 fully saturated rings. The number of rotatable bonds is 0. The second-order valence-electron chi connectivity index (χ2n) is 2.28. The van der Waals surface area contributed by atoms with Crippen LogP contribution in [-0.2, 0) is 0 Å². The molecule has 1 heteroatoms. The van der Waals surface area contributed by atoms with E-state index in [9.17, 15) is 0 Å². The van der Waals surface area contributed by atoms with E-state index >= 15 is 0 Å².